The van der Waals surface area contributed by atoms with E-state index in [1.54, 1.807) is 0 Å². The second-order valence-electron chi connectivity index (χ2n) is 0.867. The van der Waals surface area contributed by atoms with Gasteiger partial charge in [-0.15, -0.1) is 0 Å². The average molecular weight is 144 g/mol. The zero-order chi connectivity index (χ0) is 6.62. The highest BCUT2D eigenvalue weighted by Gasteiger charge is 2.12. The summed E-state index contributed by atoms with van der Waals surface area (Å²) < 4.78 is 13.2. The Morgan fingerprint density at radius 3 is 2.12 bits per heavy atom. The van der Waals surface area contributed by atoms with Gasteiger partial charge in [-0.1, -0.05) is 0 Å². The quantitative estimate of drug-likeness (QED) is 0.214. The molecule has 0 aliphatic rings. The molecule has 0 saturated heterocycles. The Hall–Kier alpha value is 0.0300. The van der Waals surface area contributed by atoms with Gasteiger partial charge in [0, 0.05) is 0 Å². The summed E-state index contributed by atoms with van der Waals surface area (Å²) in [7, 11) is -4.47. The van der Waals surface area contributed by atoms with Gasteiger partial charge in [0.15, 0.2) is 6.79 Å². The second kappa shape index (κ2) is 3.13. The summed E-state index contributed by atoms with van der Waals surface area (Å²) in [5.41, 5.74) is 0. The maximum Gasteiger partial charge on any atom is 0.471 e. The molecule has 0 fully saturated rings. The van der Waals surface area contributed by atoms with Crippen LogP contribution in [-0.2, 0) is 14.0 Å². The van der Waals surface area contributed by atoms with E-state index in [2.05, 4.69) is 9.41 Å². The van der Waals surface area contributed by atoms with Crippen LogP contribution in [0.1, 0.15) is 0 Å². The second-order valence-corrected chi connectivity index (χ2v) is 2.11. The van der Waals surface area contributed by atoms with Crippen molar-refractivity contribution >= 4 is 7.82 Å². The van der Waals surface area contributed by atoms with E-state index in [-0.39, 0.29) is 0 Å². The van der Waals surface area contributed by atoms with Gasteiger partial charge in [0.1, 0.15) is 0 Å². The van der Waals surface area contributed by atoms with Crippen molar-refractivity contribution in [3.63, 3.8) is 0 Å². The fraction of sp³-hybridized carbons (Fsp3) is 1.00. The smallest absolute Gasteiger partial charge is 0.303 e. The first kappa shape index (κ1) is 8.03. The summed E-state index contributed by atoms with van der Waals surface area (Å²) in [5.74, 6) is 0. The molecule has 0 aliphatic heterocycles. The van der Waals surface area contributed by atoms with Crippen LogP contribution < -0.4 is 0 Å². The van der Waals surface area contributed by atoms with Crippen molar-refractivity contribution in [2.24, 2.45) is 0 Å². The van der Waals surface area contributed by atoms with Crippen LogP contribution in [0.4, 0.5) is 0 Å². The number of phosphoric acid groups is 1. The highest BCUT2D eigenvalue weighted by Crippen LogP contribution is 2.35. The van der Waals surface area contributed by atoms with E-state index in [1.807, 2.05) is 0 Å². The van der Waals surface area contributed by atoms with Gasteiger partial charge in [-0.05, 0) is 0 Å². The van der Waals surface area contributed by atoms with Gasteiger partial charge in [-0.25, -0.2) is 14.7 Å². The molecule has 0 saturated carbocycles. The minimum Gasteiger partial charge on any atom is -0.303 e. The van der Waals surface area contributed by atoms with E-state index in [9.17, 15) is 4.57 Å². The maximum atomic E-state index is 9.67. The van der Waals surface area contributed by atoms with Crippen LogP contribution in [-0.4, -0.2) is 21.8 Å². The molecule has 7 heteroatoms. The van der Waals surface area contributed by atoms with Crippen molar-refractivity contribution in [3.8, 4) is 0 Å². The molecule has 0 radical (unpaired) electrons. The lowest BCUT2D eigenvalue weighted by Gasteiger charge is -1.99. The molecule has 3 N–H and O–H groups in total. The van der Waals surface area contributed by atoms with E-state index in [1.165, 1.54) is 0 Å². The van der Waals surface area contributed by atoms with Crippen molar-refractivity contribution in [1.29, 1.82) is 0 Å². The first-order valence-corrected chi connectivity index (χ1v) is 3.06. The Morgan fingerprint density at radius 1 is 1.50 bits per heavy atom. The van der Waals surface area contributed by atoms with E-state index in [0.717, 1.165) is 0 Å². The highest BCUT2D eigenvalue weighted by molar-refractivity contribution is 7.46. The standard InChI is InChI=1S/CH5O6P/c2-6-1-7-8(3,4)5/h2H,1H2,(H2,3,4,5). The first-order valence-electron chi connectivity index (χ1n) is 1.53. The molecule has 6 nitrogen and oxygen atoms in total. The third kappa shape index (κ3) is 6.03. The monoisotopic (exact) mass is 144 g/mol. The molecule has 50 valence electrons. The molecule has 0 atom stereocenters. The minimum absolute atomic E-state index is 0.829. The summed E-state index contributed by atoms with van der Waals surface area (Å²) in [6.45, 7) is -0.829. The van der Waals surface area contributed by atoms with Crippen molar-refractivity contribution in [2.75, 3.05) is 6.79 Å². The van der Waals surface area contributed by atoms with E-state index < -0.39 is 14.6 Å². The van der Waals surface area contributed by atoms with E-state index in [0.29, 0.717) is 0 Å². The van der Waals surface area contributed by atoms with Crippen LogP contribution in [0.15, 0.2) is 0 Å². The summed E-state index contributed by atoms with van der Waals surface area (Å²) >= 11 is 0. The van der Waals surface area contributed by atoms with Crippen molar-refractivity contribution in [1.82, 2.24) is 0 Å². The van der Waals surface area contributed by atoms with Crippen LogP contribution in [0.25, 0.3) is 0 Å². The minimum atomic E-state index is -4.47. The fourth-order valence-corrected chi connectivity index (χ4v) is 0.277. The van der Waals surface area contributed by atoms with Crippen LogP contribution in [0.5, 0.6) is 0 Å². The van der Waals surface area contributed by atoms with Crippen LogP contribution >= 0.6 is 7.82 Å². The molecule has 0 rings (SSSR count). The van der Waals surface area contributed by atoms with Gasteiger partial charge in [0.25, 0.3) is 0 Å². The fourth-order valence-electron chi connectivity index (χ4n) is 0.0922. The van der Waals surface area contributed by atoms with Crippen LogP contribution in [0.3, 0.4) is 0 Å². The number of phosphoric ester groups is 1. The van der Waals surface area contributed by atoms with Gasteiger partial charge in [0.2, 0.25) is 0 Å². The van der Waals surface area contributed by atoms with Crippen molar-refractivity contribution < 1.29 is 29.0 Å². The summed E-state index contributed by atoms with van der Waals surface area (Å²) in [6, 6.07) is 0. The molecule has 0 amide bonds. The zero-order valence-corrected chi connectivity index (χ0v) is 4.62. The van der Waals surface area contributed by atoms with Gasteiger partial charge in [0.05, 0.1) is 0 Å². The van der Waals surface area contributed by atoms with Crippen molar-refractivity contribution in [2.45, 2.75) is 0 Å². The predicted molar refractivity (Wildman–Crippen MR) is 21.7 cm³/mol. The molecule has 0 bridgehead atoms. The van der Waals surface area contributed by atoms with Gasteiger partial charge in [-0.3, -0.25) is 4.52 Å². The summed E-state index contributed by atoms with van der Waals surface area (Å²) in [5, 5.41) is 7.46. The number of hydrogen-bond acceptors (Lipinski definition) is 4. The lowest BCUT2D eigenvalue weighted by atomic mass is 11.5. The molecule has 0 aliphatic carbocycles. The molecule has 0 spiro atoms. The number of rotatable bonds is 3. The molecule has 0 aromatic rings. The van der Waals surface area contributed by atoms with Gasteiger partial charge >= 0.3 is 7.82 Å². The molecular weight excluding hydrogens is 139 g/mol. The molecular formula is CH5O6P. The normalized spacial score (nSPS) is 11.9. The largest absolute Gasteiger partial charge is 0.471 e. The third-order valence-corrected chi connectivity index (χ3v) is 0.715. The molecule has 0 unspecified atom stereocenters. The SMILES string of the molecule is O=P(O)(O)OCOO. The molecule has 0 aromatic carbocycles. The van der Waals surface area contributed by atoms with Gasteiger partial charge < -0.3 is 9.79 Å². The van der Waals surface area contributed by atoms with Crippen LogP contribution in [0, 0.1) is 0 Å². The topological polar surface area (TPSA) is 96.2 Å². The summed E-state index contributed by atoms with van der Waals surface area (Å²) in [4.78, 5) is 18.9. The Balaban J connectivity index is 3.26. The summed E-state index contributed by atoms with van der Waals surface area (Å²) in [6.07, 6.45) is 0. The molecule has 0 heterocycles. The molecule has 0 aromatic heterocycles. The molecule has 8 heavy (non-hydrogen) atoms. The average Bonchev–Trinajstić information content (AvgIpc) is 1.59. The predicted octanol–water partition coefficient (Wildman–Crippen LogP) is -0.457. The Morgan fingerprint density at radius 2 is 2.00 bits per heavy atom. The maximum absolute atomic E-state index is 9.67. The van der Waals surface area contributed by atoms with E-state index in [4.69, 9.17) is 15.0 Å². The zero-order valence-electron chi connectivity index (χ0n) is 3.72. The van der Waals surface area contributed by atoms with E-state index >= 15 is 0 Å². The number of hydrogen-bond donors (Lipinski definition) is 3. The Labute approximate surface area is 44.8 Å². The third-order valence-electron chi connectivity index (χ3n) is 0.274. The van der Waals surface area contributed by atoms with Gasteiger partial charge in [-0.2, -0.15) is 0 Å². The lowest BCUT2D eigenvalue weighted by Crippen LogP contribution is -1.93. The lowest BCUT2D eigenvalue weighted by molar-refractivity contribution is -0.280. The first-order chi connectivity index (χ1) is 3.56. The Kier molecular flexibility index (Phi) is 3.15. The van der Waals surface area contributed by atoms with Crippen molar-refractivity contribution in [3.05, 3.63) is 0 Å². The Bertz CT molecular complexity index is 92.7. The van der Waals surface area contributed by atoms with Crippen LogP contribution in [0.2, 0.25) is 0 Å². The highest BCUT2D eigenvalue weighted by atomic mass is 31.2.